The van der Waals surface area contributed by atoms with Gasteiger partial charge in [-0.1, -0.05) is 60.1 Å². The van der Waals surface area contributed by atoms with Gasteiger partial charge in [0.15, 0.2) is 0 Å². The molecule has 0 aromatic rings. The molecule has 0 heterocycles. The Hall–Kier alpha value is -0.830. The van der Waals surface area contributed by atoms with Crippen LogP contribution in [0.3, 0.4) is 0 Å². The van der Waals surface area contributed by atoms with Crippen LogP contribution in [-0.2, 0) is 9.53 Å². The standard InChI is InChI=1S/C32H52O3/c1-20(33)35-27-15-18-32(8)24(29(27,4)5)13-16-30(6)19-21-9-11-23-28(2,3)26(34)14-17-31(23,7)22(21)10-12-25(30)32/h9,22-27,34H,10-19H2,1-8H3/t22-,23-,24-,25-,26-,27-,30-,31+,32-/m0/s1. The molecular formula is C32H52O3. The van der Waals surface area contributed by atoms with Crippen LogP contribution in [0.2, 0.25) is 0 Å². The van der Waals surface area contributed by atoms with Gasteiger partial charge in [0.05, 0.1) is 6.10 Å². The molecule has 0 spiro atoms. The van der Waals surface area contributed by atoms with Crippen LogP contribution in [0.4, 0.5) is 0 Å². The lowest BCUT2D eigenvalue weighted by atomic mass is 9.42. The van der Waals surface area contributed by atoms with E-state index in [2.05, 4.69) is 54.5 Å². The van der Waals surface area contributed by atoms with Crippen LogP contribution >= 0.6 is 0 Å². The quantitative estimate of drug-likeness (QED) is 0.306. The average Bonchev–Trinajstić information content (AvgIpc) is 2.90. The fourth-order valence-corrected chi connectivity index (χ4v) is 11.3. The van der Waals surface area contributed by atoms with E-state index in [-0.39, 0.29) is 29.0 Å². The van der Waals surface area contributed by atoms with E-state index >= 15 is 0 Å². The summed E-state index contributed by atoms with van der Waals surface area (Å²) in [6, 6.07) is 0. The van der Waals surface area contributed by atoms with Crippen LogP contribution in [0.25, 0.3) is 0 Å². The second-order valence-electron chi connectivity index (χ2n) is 15.5. The molecule has 0 aromatic heterocycles. The lowest BCUT2D eigenvalue weighted by Crippen LogP contribution is -2.59. The predicted molar refractivity (Wildman–Crippen MR) is 142 cm³/mol. The Labute approximate surface area is 214 Å². The SMILES string of the molecule is CC(=O)O[C@H]1CC[C@@]2(C)[C@@H](CC[C@@]3(C)CC4=CC[C@H]5C(C)(C)[C@@H](O)CC[C@]5(C)[C@H]4CC[C@@H]32)C1(C)C. The zero-order valence-electron chi connectivity index (χ0n) is 23.9. The molecule has 5 rings (SSSR count). The van der Waals surface area contributed by atoms with Gasteiger partial charge in [-0.05, 0) is 110 Å². The zero-order valence-corrected chi connectivity index (χ0v) is 23.9. The number of esters is 1. The lowest BCUT2D eigenvalue weighted by Gasteiger charge is -2.64. The van der Waals surface area contributed by atoms with Gasteiger partial charge in [0.25, 0.3) is 0 Å². The highest BCUT2D eigenvalue weighted by molar-refractivity contribution is 5.66. The van der Waals surface area contributed by atoms with Crippen molar-refractivity contribution in [2.24, 2.45) is 50.7 Å². The monoisotopic (exact) mass is 484 g/mol. The minimum atomic E-state index is -0.171. The maximum Gasteiger partial charge on any atom is 0.302 e. The highest BCUT2D eigenvalue weighted by atomic mass is 16.5. The van der Waals surface area contributed by atoms with Crippen LogP contribution in [0, 0.1) is 50.7 Å². The summed E-state index contributed by atoms with van der Waals surface area (Å²) in [6.07, 6.45) is 14.4. The molecule has 0 saturated heterocycles. The number of fused-ring (bicyclic) bond motifs is 6. The predicted octanol–water partition coefficient (Wildman–Crippen LogP) is 7.71. The van der Waals surface area contributed by atoms with Crippen LogP contribution in [-0.4, -0.2) is 23.3 Å². The summed E-state index contributed by atoms with van der Waals surface area (Å²) in [5, 5.41) is 10.9. The fourth-order valence-electron chi connectivity index (χ4n) is 11.3. The molecule has 5 aliphatic rings. The molecule has 9 atom stereocenters. The summed E-state index contributed by atoms with van der Waals surface area (Å²) >= 11 is 0. The molecule has 198 valence electrons. The Balaban J connectivity index is 1.47. The van der Waals surface area contributed by atoms with Gasteiger partial charge >= 0.3 is 5.97 Å². The van der Waals surface area contributed by atoms with Gasteiger partial charge in [-0.15, -0.1) is 0 Å². The van der Waals surface area contributed by atoms with Crippen molar-refractivity contribution >= 4 is 5.97 Å². The van der Waals surface area contributed by atoms with E-state index in [1.54, 1.807) is 12.5 Å². The average molecular weight is 485 g/mol. The number of rotatable bonds is 1. The molecule has 1 N–H and O–H groups in total. The summed E-state index contributed by atoms with van der Waals surface area (Å²) in [7, 11) is 0. The van der Waals surface area contributed by atoms with Crippen molar-refractivity contribution < 1.29 is 14.6 Å². The second-order valence-corrected chi connectivity index (χ2v) is 15.5. The van der Waals surface area contributed by atoms with Crippen LogP contribution in [0.5, 0.6) is 0 Å². The molecule has 4 saturated carbocycles. The van der Waals surface area contributed by atoms with Crippen molar-refractivity contribution in [3.05, 3.63) is 11.6 Å². The first-order chi connectivity index (χ1) is 16.2. The number of carbonyl (C=O) groups excluding carboxylic acids is 1. The first kappa shape index (κ1) is 25.8. The molecule has 0 aliphatic heterocycles. The summed E-state index contributed by atoms with van der Waals surface area (Å²) in [4.78, 5) is 11.9. The molecule has 0 radical (unpaired) electrons. The Morgan fingerprint density at radius 1 is 0.829 bits per heavy atom. The van der Waals surface area contributed by atoms with Crippen LogP contribution < -0.4 is 0 Å². The molecule has 0 bridgehead atoms. The van der Waals surface area contributed by atoms with Gasteiger partial charge < -0.3 is 9.84 Å². The number of aliphatic hydroxyl groups is 1. The Morgan fingerprint density at radius 2 is 1.51 bits per heavy atom. The van der Waals surface area contributed by atoms with Crippen LogP contribution in [0.15, 0.2) is 11.6 Å². The number of allylic oxidation sites excluding steroid dienone is 2. The summed E-state index contributed by atoms with van der Waals surface area (Å²) in [5.74, 6) is 2.44. The van der Waals surface area contributed by atoms with Crippen molar-refractivity contribution in [2.45, 2.75) is 132 Å². The van der Waals surface area contributed by atoms with E-state index in [1.807, 2.05) is 0 Å². The van der Waals surface area contributed by atoms with E-state index in [0.717, 1.165) is 25.2 Å². The normalized spacial score (nSPS) is 50.4. The third-order valence-corrected chi connectivity index (χ3v) is 13.1. The summed E-state index contributed by atoms with van der Waals surface area (Å²) in [5.41, 5.74) is 2.76. The number of hydrogen-bond donors (Lipinski definition) is 1. The van der Waals surface area contributed by atoms with Gasteiger partial charge in [0, 0.05) is 12.3 Å². The van der Waals surface area contributed by atoms with Gasteiger partial charge in [0.1, 0.15) is 6.10 Å². The topological polar surface area (TPSA) is 46.5 Å². The first-order valence-electron chi connectivity index (χ1n) is 14.7. The minimum Gasteiger partial charge on any atom is -0.462 e. The van der Waals surface area contributed by atoms with E-state index in [4.69, 9.17) is 4.74 Å². The molecule has 35 heavy (non-hydrogen) atoms. The lowest BCUT2D eigenvalue weighted by molar-refractivity contribution is -0.191. The van der Waals surface area contributed by atoms with E-state index in [9.17, 15) is 9.90 Å². The summed E-state index contributed by atoms with van der Waals surface area (Å²) < 4.78 is 5.90. The van der Waals surface area contributed by atoms with Crippen molar-refractivity contribution in [3.8, 4) is 0 Å². The largest absolute Gasteiger partial charge is 0.462 e. The maximum absolute atomic E-state index is 11.9. The molecule has 0 unspecified atom stereocenters. The number of hydrogen-bond acceptors (Lipinski definition) is 3. The number of carbonyl (C=O) groups is 1. The third kappa shape index (κ3) is 3.63. The Morgan fingerprint density at radius 3 is 2.20 bits per heavy atom. The molecule has 0 amide bonds. The van der Waals surface area contributed by atoms with Crippen LogP contribution in [0.1, 0.15) is 120 Å². The van der Waals surface area contributed by atoms with Crippen molar-refractivity contribution in [3.63, 3.8) is 0 Å². The van der Waals surface area contributed by atoms with Crippen molar-refractivity contribution in [2.75, 3.05) is 0 Å². The summed E-state index contributed by atoms with van der Waals surface area (Å²) in [6.45, 7) is 18.8. The molecule has 3 nitrogen and oxygen atoms in total. The van der Waals surface area contributed by atoms with Crippen molar-refractivity contribution in [1.29, 1.82) is 0 Å². The maximum atomic E-state index is 11.9. The van der Waals surface area contributed by atoms with Gasteiger partial charge in [-0.2, -0.15) is 0 Å². The van der Waals surface area contributed by atoms with E-state index in [0.29, 0.717) is 34.0 Å². The minimum absolute atomic E-state index is 0.00576. The van der Waals surface area contributed by atoms with E-state index < -0.39 is 0 Å². The second kappa shape index (κ2) is 8.08. The van der Waals surface area contributed by atoms with Gasteiger partial charge in [0.2, 0.25) is 0 Å². The molecular weight excluding hydrogens is 432 g/mol. The smallest absolute Gasteiger partial charge is 0.302 e. The highest BCUT2D eigenvalue weighted by Crippen LogP contribution is 2.70. The zero-order chi connectivity index (χ0) is 25.6. The molecule has 3 heteroatoms. The number of ether oxygens (including phenoxy) is 1. The highest BCUT2D eigenvalue weighted by Gasteiger charge is 2.63. The Kier molecular flexibility index (Phi) is 5.96. The molecule has 4 fully saturated rings. The van der Waals surface area contributed by atoms with E-state index in [1.165, 1.54) is 44.9 Å². The molecule has 0 aromatic carbocycles. The third-order valence-electron chi connectivity index (χ3n) is 13.1. The Bertz CT molecular complexity index is 900. The fraction of sp³-hybridized carbons (Fsp3) is 0.906. The van der Waals surface area contributed by atoms with Crippen molar-refractivity contribution in [1.82, 2.24) is 0 Å². The number of aliphatic hydroxyl groups excluding tert-OH is 1. The van der Waals surface area contributed by atoms with Gasteiger partial charge in [-0.3, -0.25) is 4.79 Å². The van der Waals surface area contributed by atoms with Gasteiger partial charge in [-0.25, -0.2) is 0 Å². The first-order valence-corrected chi connectivity index (χ1v) is 14.7. The molecule has 5 aliphatic carbocycles.